The Balaban J connectivity index is 2.24. The van der Waals surface area contributed by atoms with E-state index in [0.717, 1.165) is 0 Å². The third kappa shape index (κ3) is 2.48. The second kappa shape index (κ2) is 5.73. The fourth-order valence-corrected chi connectivity index (χ4v) is 2.66. The quantitative estimate of drug-likeness (QED) is 0.531. The molecule has 6 heteroatoms. The molecule has 0 unspecified atom stereocenters. The summed E-state index contributed by atoms with van der Waals surface area (Å²) in [5.74, 6) is -2.15. The number of ketones is 2. The number of hydrogen-bond donors (Lipinski definition) is 0. The Bertz CT molecular complexity index is 838. The monoisotopic (exact) mass is 324 g/mol. The van der Waals surface area contributed by atoms with Crippen LogP contribution in [0.3, 0.4) is 0 Å². The van der Waals surface area contributed by atoms with Crippen LogP contribution in [0.2, 0.25) is 0 Å². The average molecular weight is 324 g/mol. The lowest BCUT2D eigenvalue weighted by Gasteiger charge is -2.21. The van der Waals surface area contributed by atoms with E-state index in [4.69, 9.17) is 9.47 Å². The van der Waals surface area contributed by atoms with Crippen LogP contribution in [0.4, 0.5) is 0 Å². The van der Waals surface area contributed by atoms with Crippen molar-refractivity contribution in [2.45, 2.75) is 13.8 Å². The van der Waals surface area contributed by atoms with Gasteiger partial charge in [-0.3, -0.25) is 19.2 Å². The number of esters is 2. The minimum absolute atomic E-state index is 0.00151. The number of hydrogen-bond acceptors (Lipinski definition) is 6. The minimum Gasteiger partial charge on any atom is -0.426 e. The van der Waals surface area contributed by atoms with Crippen molar-refractivity contribution in [1.29, 1.82) is 0 Å². The van der Waals surface area contributed by atoms with E-state index < -0.39 is 23.5 Å². The van der Waals surface area contributed by atoms with Crippen molar-refractivity contribution < 1.29 is 28.7 Å². The summed E-state index contributed by atoms with van der Waals surface area (Å²) in [7, 11) is 0. The summed E-state index contributed by atoms with van der Waals surface area (Å²) >= 11 is 0. The van der Waals surface area contributed by atoms with Crippen LogP contribution < -0.4 is 9.47 Å². The molecule has 2 aromatic carbocycles. The molecule has 1 aliphatic carbocycles. The first-order valence-corrected chi connectivity index (χ1v) is 7.12. The normalized spacial score (nSPS) is 12.2. The van der Waals surface area contributed by atoms with Crippen LogP contribution in [0.15, 0.2) is 36.4 Å². The van der Waals surface area contributed by atoms with Gasteiger partial charge in [-0.2, -0.15) is 0 Å². The van der Waals surface area contributed by atoms with Crippen molar-refractivity contribution in [3.8, 4) is 11.5 Å². The largest absolute Gasteiger partial charge is 0.426 e. The van der Waals surface area contributed by atoms with Gasteiger partial charge < -0.3 is 9.47 Å². The Morgan fingerprint density at radius 3 is 1.50 bits per heavy atom. The number of fused-ring (bicyclic) bond motifs is 2. The van der Waals surface area contributed by atoms with E-state index in [0.29, 0.717) is 0 Å². The van der Waals surface area contributed by atoms with E-state index in [1.54, 1.807) is 0 Å². The number of carbonyl (C=O) groups excluding carboxylic acids is 4. The third-order valence-corrected chi connectivity index (χ3v) is 3.50. The van der Waals surface area contributed by atoms with Gasteiger partial charge in [0, 0.05) is 25.0 Å². The molecule has 3 rings (SSSR count). The van der Waals surface area contributed by atoms with Crippen LogP contribution in [-0.2, 0) is 9.59 Å². The van der Waals surface area contributed by atoms with E-state index in [9.17, 15) is 19.2 Å². The average Bonchev–Trinajstić information content (AvgIpc) is 2.51. The Kier molecular flexibility index (Phi) is 3.73. The van der Waals surface area contributed by atoms with Gasteiger partial charge in [-0.15, -0.1) is 0 Å². The number of ether oxygens (including phenoxy) is 2. The molecule has 120 valence electrons. The summed E-state index contributed by atoms with van der Waals surface area (Å²) in [6, 6.07) is 8.91. The lowest BCUT2D eigenvalue weighted by atomic mass is 9.83. The highest BCUT2D eigenvalue weighted by Crippen LogP contribution is 2.37. The molecule has 0 spiro atoms. The molecule has 0 atom stereocenters. The van der Waals surface area contributed by atoms with Crippen LogP contribution in [0.1, 0.15) is 45.7 Å². The zero-order valence-corrected chi connectivity index (χ0v) is 12.9. The molecule has 2 aromatic rings. The van der Waals surface area contributed by atoms with Crippen molar-refractivity contribution in [1.82, 2.24) is 0 Å². The van der Waals surface area contributed by atoms with Crippen LogP contribution in [-0.4, -0.2) is 23.5 Å². The molecule has 0 saturated heterocycles. The number of carbonyl (C=O) groups is 4. The highest BCUT2D eigenvalue weighted by Gasteiger charge is 2.35. The van der Waals surface area contributed by atoms with Gasteiger partial charge in [0.1, 0.15) is 11.5 Å². The van der Waals surface area contributed by atoms with Crippen molar-refractivity contribution in [2.75, 3.05) is 0 Å². The molecule has 0 aromatic heterocycles. The first-order chi connectivity index (χ1) is 11.4. The summed E-state index contributed by atoms with van der Waals surface area (Å²) in [6.07, 6.45) is 0. The maximum Gasteiger partial charge on any atom is 0.308 e. The molecule has 6 nitrogen and oxygen atoms in total. The molecule has 24 heavy (non-hydrogen) atoms. The van der Waals surface area contributed by atoms with E-state index in [-0.39, 0.29) is 33.8 Å². The van der Waals surface area contributed by atoms with Crippen LogP contribution >= 0.6 is 0 Å². The summed E-state index contributed by atoms with van der Waals surface area (Å²) in [4.78, 5) is 48.1. The molecule has 0 amide bonds. The first-order valence-electron chi connectivity index (χ1n) is 7.12. The van der Waals surface area contributed by atoms with Crippen molar-refractivity contribution >= 4 is 23.5 Å². The zero-order chi connectivity index (χ0) is 17.4. The van der Waals surface area contributed by atoms with Gasteiger partial charge in [0.2, 0.25) is 5.78 Å². The number of benzene rings is 2. The Labute approximate surface area is 137 Å². The van der Waals surface area contributed by atoms with Crippen molar-refractivity contribution in [2.24, 2.45) is 0 Å². The molecule has 1 aliphatic rings. The zero-order valence-electron chi connectivity index (χ0n) is 12.9. The van der Waals surface area contributed by atoms with Gasteiger partial charge in [-0.25, -0.2) is 0 Å². The summed E-state index contributed by atoms with van der Waals surface area (Å²) in [5, 5.41) is 0. The lowest BCUT2D eigenvalue weighted by Crippen LogP contribution is -2.23. The maximum absolute atomic E-state index is 12.9. The van der Waals surface area contributed by atoms with E-state index in [1.807, 2.05) is 0 Å². The maximum atomic E-state index is 12.9. The Hall–Kier alpha value is -3.28. The third-order valence-electron chi connectivity index (χ3n) is 3.50. The molecule has 0 N–H and O–H groups in total. The Morgan fingerprint density at radius 1 is 0.708 bits per heavy atom. The molecule has 0 heterocycles. The van der Waals surface area contributed by atoms with Crippen LogP contribution in [0.25, 0.3) is 0 Å². The second-order valence-corrected chi connectivity index (χ2v) is 5.20. The van der Waals surface area contributed by atoms with E-state index in [2.05, 4.69) is 0 Å². The summed E-state index contributed by atoms with van der Waals surface area (Å²) in [6.45, 7) is 2.40. The fourth-order valence-electron chi connectivity index (χ4n) is 2.66. The predicted molar refractivity (Wildman–Crippen MR) is 82.4 cm³/mol. The van der Waals surface area contributed by atoms with Gasteiger partial charge in [-0.05, 0) is 12.1 Å². The lowest BCUT2D eigenvalue weighted by molar-refractivity contribution is -0.132. The highest BCUT2D eigenvalue weighted by molar-refractivity contribution is 6.30. The summed E-state index contributed by atoms with van der Waals surface area (Å²) in [5.41, 5.74) is 0.270. The van der Waals surface area contributed by atoms with Gasteiger partial charge in [0.05, 0.1) is 11.1 Å². The topological polar surface area (TPSA) is 86.7 Å². The predicted octanol–water partition coefficient (Wildman–Crippen LogP) is 2.31. The fraction of sp³-hybridized carbons (Fsp3) is 0.111. The molecule has 0 aliphatic heterocycles. The minimum atomic E-state index is -0.609. The SMILES string of the molecule is CC(=O)Oc1cccc2c1C(=O)c1c(OC(C)=O)cccc1C2=O. The van der Waals surface area contributed by atoms with Crippen LogP contribution in [0.5, 0.6) is 11.5 Å². The standard InChI is InChI=1S/C18H12O6/c1-9(19)23-13-7-3-5-11-15(13)18(22)16-12(17(11)21)6-4-8-14(16)24-10(2)20/h3-8H,1-2H3. The van der Waals surface area contributed by atoms with Gasteiger partial charge in [0.15, 0.2) is 5.78 Å². The summed E-state index contributed by atoms with van der Waals surface area (Å²) < 4.78 is 10.1. The van der Waals surface area contributed by atoms with Crippen molar-refractivity contribution in [3.05, 3.63) is 58.7 Å². The van der Waals surface area contributed by atoms with E-state index >= 15 is 0 Å². The van der Waals surface area contributed by atoms with E-state index in [1.165, 1.54) is 50.2 Å². The molecule has 0 radical (unpaired) electrons. The van der Waals surface area contributed by atoms with Crippen molar-refractivity contribution in [3.63, 3.8) is 0 Å². The van der Waals surface area contributed by atoms with Crippen LogP contribution in [0, 0.1) is 0 Å². The number of rotatable bonds is 2. The highest BCUT2D eigenvalue weighted by atomic mass is 16.5. The van der Waals surface area contributed by atoms with Gasteiger partial charge >= 0.3 is 11.9 Å². The molecule has 0 bridgehead atoms. The van der Waals surface area contributed by atoms with Gasteiger partial charge in [0.25, 0.3) is 0 Å². The second-order valence-electron chi connectivity index (χ2n) is 5.20. The molecule has 0 fully saturated rings. The molecular weight excluding hydrogens is 312 g/mol. The smallest absolute Gasteiger partial charge is 0.308 e. The molecule has 0 saturated carbocycles. The molecular formula is C18H12O6. The Morgan fingerprint density at radius 2 is 1.12 bits per heavy atom. The van der Waals surface area contributed by atoms with Gasteiger partial charge in [-0.1, -0.05) is 24.3 Å². The first kappa shape index (κ1) is 15.6.